The zero-order valence-electron chi connectivity index (χ0n) is 18.6. The summed E-state index contributed by atoms with van der Waals surface area (Å²) in [6, 6.07) is 3.56. The first-order valence-corrected chi connectivity index (χ1v) is 10.5. The predicted molar refractivity (Wildman–Crippen MR) is 120 cm³/mol. The van der Waals surface area contributed by atoms with Gasteiger partial charge in [-0.3, -0.25) is 15.4 Å². The molecule has 4 N–H and O–H groups in total. The van der Waals surface area contributed by atoms with Crippen molar-refractivity contribution >= 4 is 34.9 Å². The molecule has 1 fully saturated rings. The average Bonchev–Trinajstić information content (AvgIpc) is 2.70. The molecular weight excluding hydrogens is 435 g/mol. The lowest BCUT2D eigenvalue weighted by atomic mass is 9.93. The Labute approximate surface area is 189 Å². The molecule has 0 saturated heterocycles. The fraction of sp³-hybridized carbons (Fsp3) is 0.476. The number of anilines is 4. The third kappa shape index (κ3) is 6.97. The molecule has 1 aliphatic carbocycles. The van der Waals surface area contributed by atoms with E-state index in [0.29, 0.717) is 25.7 Å². The van der Waals surface area contributed by atoms with E-state index in [0.717, 1.165) is 12.3 Å². The first kappa shape index (κ1) is 24.1. The Kier molecular flexibility index (Phi) is 7.26. The first-order valence-electron chi connectivity index (χ1n) is 10.5. The number of benzene rings is 1. The number of ether oxygens (including phenoxy) is 1. The number of hydrogen-bond donors (Lipinski definition) is 4. The van der Waals surface area contributed by atoms with Gasteiger partial charge in [-0.1, -0.05) is 0 Å². The summed E-state index contributed by atoms with van der Waals surface area (Å²) in [5.41, 5.74) is -0.683. The molecule has 1 amide bonds. The van der Waals surface area contributed by atoms with Crippen LogP contribution in [0.5, 0.6) is 0 Å². The molecule has 0 bridgehead atoms. The molecule has 1 heterocycles. The van der Waals surface area contributed by atoms with Crippen LogP contribution in [0.1, 0.15) is 46.5 Å². The van der Waals surface area contributed by atoms with Crippen LogP contribution in [0.3, 0.4) is 0 Å². The fourth-order valence-electron chi connectivity index (χ4n) is 3.35. The van der Waals surface area contributed by atoms with Crippen LogP contribution in [0.25, 0.3) is 0 Å². The van der Waals surface area contributed by atoms with Crippen LogP contribution in [0.15, 0.2) is 24.4 Å². The lowest BCUT2D eigenvalue weighted by Gasteiger charge is -2.26. The molecule has 2 aromatic rings. The summed E-state index contributed by atoms with van der Waals surface area (Å²) in [5, 5.41) is 29.5. The largest absolute Gasteiger partial charge is 0.444 e. The summed E-state index contributed by atoms with van der Waals surface area (Å²) in [4.78, 5) is 31.2. The first-order chi connectivity index (χ1) is 15.5. The summed E-state index contributed by atoms with van der Waals surface area (Å²) >= 11 is 0. The number of aliphatic hydroxyl groups is 1. The molecule has 0 radical (unpaired) electrons. The zero-order chi connectivity index (χ0) is 24.2. The van der Waals surface area contributed by atoms with Gasteiger partial charge in [-0.05, 0) is 64.7 Å². The monoisotopic (exact) mass is 462 g/mol. The summed E-state index contributed by atoms with van der Waals surface area (Å²) in [5.74, 6) is -0.595. The minimum absolute atomic E-state index is 0.0111. The molecule has 3 rings (SSSR count). The molecule has 1 aliphatic rings. The topological polar surface area (TPSA) is 152 Å². The zero-order valence-corrected chi connectivity index (χ0v) is 18.6. The van der Waals surface area contributed by atoms with Crippen molar-refractivity contribution in [1.29, 1.82) is 0 Å². The minimum atomic E-state index is -0.733. The van der Waals surface area contributed by atoms with Crippen molar-refractivity contribution in [2.75, 3.05) is 16.0 Å². The Morgan fingerprint density at radius 3 is 2.58 bits per heavy atom. The molecular formula is C21H27FN6O5. The predicted octanol–water partition coefficient (Wildman–Crippen LogP) is 4.33. The van der Waals surface area contributed by atoms with Crippen molar-refractivity contribution in [3.63, 3.8) is 0 Å². The molecule has 1 aromatic heterocycles. The summed E-state index contributed by atoms with van der Waals surface area (Å²) in [7, 11) is 0. The van der Waals surface area contributed by atoms with Crippen LogP contribution >= 0.6 is 0 Å². The number of nitro groups is 1. The third-order valence-corrected chi connectivity index (χ3v) is 4.87. The Morgan fingerprint density at radius 2 is 1.94 bits per heavy atom. The highest BCUT2D eigenvalue weighted by Crippen LogP contribution is 2.30. The highest BCUT2D eigenvalue weighted by molar-refractivity contribution is 5.90. The number of carbonyl (C=O) groups is 1. The maximum Gasteiger partial charge on any atom is 0.412 e. The number of halogens is 1. The van der Waals surface area contributed by atoms with Gasteiger partial charge in [-0.2, -0.15) is 4.98 Å². The summed E-state index contributed by atoms with van der Waals surface area (Å²) in [6.07, 6.45) is 2.40. The van der Waals surface area contributed by atoms with E-state index in [1.165, 1.54) is 12.1 Å². The molecule has 0 aliphatic heterocycles. The smallest absolute Gasteiger partial charge is 0.412 e. The van der Waals surface area contributed by atoms with E-state index in [1.807, 2.05) is 0 Å². The van der Waals surface area contributed by atoms with Gasteiger partial charge in [0.1, 0.15) is 17.6 Å². The second-order valence-electron chi connectivity index (χ2n) is 8.78. The van der Waals surface area contributed by atoms with Gasteiger partial charge in [-0.25, -0.2) is 14.2 Å². The molecule has 0 unspecified atom stereocenters. The minimum Gasteiger partial charge on any atom is -0.444 e. The maximum atomic E-state index is 13.9. The van der Waals surface area contributed by atoms with Gasteiger partial charge in [0.05, 0.1) is 22.4 Å². The van der Waals surface area contributed by atoms with E-state index >= 15 is 0 Å². The van der Waals surface area contributed by atoms with Crippen LogP contribution < -0.4 is 16.0 Å². The van der Waals surface area contributed by atoms with Crippen LogP contribution in [-0.2, 0) is 4.74 Å². The molecule has 1 saturated carbocycles. The molecule has 33 heavy (non-hydrogen) atoms. The van der Waals surface area contributed by atoms with Crippen molar-refractivity contribution in [1.82, 2.24) is 9.97 Å². The number of amides is 1. The van der Waals surface area contributed by atoms with Crippen molar-refractivity contribution in [2.24, 2.45) is 0 Å². The second-order valence-corrected chi connectivity index (χ2v) is 8.78. The van der Waals surface area contributed by atoms with Crippen LogP contribution in [0.2, 0.25) is 0 Å². The Bertz CT molecular complexity index is 1020. The van der Waals surface area contributed by atoms with E-state index in [1.54, 1.807) is 20.8 Å². The number of carbonyl (C=O) groups excluding carboxylic acids is 1. The van der Waals surface area contributed by atoms with Gasteiger partial charge >= 0.3 is 11.8 Å². The number of rotatable bonds is 6. The van der Waals surface area contributed by atoms with E-state index in [4.69, 9.17) is 4.74 Å². The van der Waals surface area contributed by atoms with Crippen LogP contribution in [-0.4, -0.2) is 43.8 Å². The lowest BCUT2D eigenvalue weighted by molar-refractivity contribution is -0.384. The third-order valence-electron chi connectivity index (χ3n) is 4.87. The Morgan fingerprint density at radius 1 is 1.24 bits per heavy atom. The number of hydrogen-bond acceptors (Lipinski definition) is 9. The maximum absolute atomic E-state index is 13.9. The Hall–Kier alpha value is -3.54. The summed E-state index contributed by atoms with van der Waals surface area (Å²) < 4.78 is 19.1. The molecule has 1 aromatic carbocycles. The van der Waals surface area contributed by atoms with E-state index in [2.05, 4.69) is 25.9 Å². The van der Waals surface area contributed by atoms with Crippen LogP contribution in [0.4, 0.5) is 38.0 Å². The van der Waals surface area contributed by atoms with Crippen LogP contribution in [0, 0.1) is 15.9 Å². The van der Waals surface area contributed by atoms with Gasteiger partial charge in [-0.15, -0.1) is 0 Å². The van der Waals surface area contributed by atoms with E-state index < -0.39 is 22.4 Å². The van der Waals surface area contributed by atoms with E-state index in [-0.39, 0.29) is 41.0 Å². The second kappa shape index (κ2) is 9.94. The van der Waals surface area contributed by atoms with Crippen molar-refractivity contribution in [3.8, 4) is 0 Å². The van der Waals surface area contributed by atoms with Crippen molar-refractivity contribution in [2.45, 2.75) is 64.2 Å². The van der Waals surface area contributed by atoms with Gasteiger partial charge in [0, 0.05) is 6.04 Å². The lowest BCUT2D eigenvalue weighted by Crippen LogP contribution is -2.29. The van der Waals surface area contributed by atoms with Gasteiger partial charge < -0.3 is 20.5 Å². The standard InChI is InChI=1S/C21H27FN6O5/c1-21(2,3)33-20(30)26-15-9-4-12(22)10-16(15)25-19-23-11-17(28(31)32)18(27-19)24-13-5-7-14(29)8-6-13/h4,9-11,13-14,29H,5-8H2,1-3H3,(H,26,30)(H2,23,24,25,27). The number of aliphatic hydroxyl groups excluding tert-OH is 1. The highest BCUT2D eigenvalue weighted by Gasteiger charge is 2.25. The molecule has 0 atom stereocenters. The Balaban J connectivity index is 1.83. The number of nitrogens with one attached hydrogen (secondary N) is 3. The van der Waals surface area contributed by atoms with E-state index in [9.17, 15) is 24.4 Å². The highest BCUT2D eigenvalue weighted by atomic mass is 19.1. The van der Waals surface area contributed by atoms with Gasteiger partial charge in [0.2, 0.25) is 11.8 Å². The molecule has 0 spiro atoms. The SMILES string of the molecule is CC(C)(C)OC(=O)Nc1ccc(F)cc1Nc1ncc([N+](=O)[O-])c(NC2CCC(O)CC2)n1. The number of aromatic nitrogens is 2. The van der Waals surface area contributed by atoms with Crippen molar-refractivity contribution in [3.05, 3.63) is 40.3 Å². The molecule has 12 heteroatoms. The average molecular weight is 462 g/mol. The quantitative estimate of drug-likeness (QED) is 0.363. The summed E-state index contributed by atoms with van der Waals surface area (Å²) in [6.45, 7) is 5.13. The fourth-order valence-corrected chi connectivity index (χ4v) is 3.35. The normalized spacial score (nSPS) is 18.3. The number of nitrogens with zero attached hydrogens (tertiary/aromatic N) is 3. The van der Waals surface area contributed by atoms with Gasteiger partial charge in [0.15, 0.2) is 0 Å². The van der Waals surface area contributed by atoms with Crippen molar-refractivity contribution < 1.29 is 24.0 Å². The molecule has 11 nitrogen and oxygen atoms in total. The van der Waals surface area contributed by atoms with Gasteiger partial charge in [0.25, 0.3) is 0 Å². The molecule has 178 valence electrons.